The van der Waals surface area contributed by atoms with Gasteiger partial charge in [-0.05, 0) is 55.3 Å². The molecule has 0 radical (unpaired) electrons. The molecule has 2 N–H and O–H groups in total. The molecule has 0 aromatic heterocycles. The second-order valence-electron chi connectivity index (χ2n) is 7.90. The Labute approximate surface area is 193 Å². The van der Waals surface area contributed by atoms with Crippen molar-refractivity contribution in [1.82, 2.24) is 15.1 Å². The van der Waals surface area contributed by atoms with E-state index in [1.165, 1.54) is 12.1 Å². The third kappa shape index (κ3) is 7.26. The highest BCUT2D eigenvalue weighted by molar-refractivity contribution is 7.92. The Balaban J connectivity index is 1.53. The van der Waals surface area contributed by atoms with Gasteiger partial charge in [-0.2, -0.15) is 0 Å². The molecule has 0 bridgehead atoms. The van der Waals surface area contributed by atoms with E-state index in [9.17, 15) is 22.4 Å². The highest BCUT2D eigenvalue weighted by Gasteiger charge is 2.21. The number of likely N-dealkylation sites (N-methyl/N-ethyl adjacent to an activating group) is 1. The molecule has 0 aliphatic carbocycles. The molecule has 1 fully saturated rings. The minimum absolute atomic E-state index is 0.00509. The monoisotopic (exact) mass is 476 g/mol. The van der Waals surface area contributed by atoms with Gasteiger partial charge in [0.15, 0.2) is 0 Å². The van der Waals surface area contributed by atoms with Crippen molar-refractivity contribution in [2.75, 3.05) is 44.0 Å². The molecule has 0 spiro atoms. The van der Waals surface area contributed by atoms with Crippen molar-refractivity contribution >= 4 is 27.5 Å². The summed E-state index contributed by atoms with van der Waals surface area (Å²) in [6.07, 6.45) is 1.01. The zero-order chi connectivity index (χ0) is 23.8. The number of benzene rings is 2. The number of hydrogen-bond acceptors (Lipinski definition) is 5. The third-order valence-electron chi connectivity index (χ3n) is 5.37. The smallest absolute Gasteiger partial charge is 0.261 e. The summed E-state index contributed by atoms with van der Waals surface area (Å²) in [5.41, 5.74) is 1.12. The summed E-state index contributed by atoms with van der Waals surface area (Å²) in [7, 11) is -3.83. The highest BCUT2D eigenvalue weighted by Crippen LogP contribution is 2.18. The molecular weight excluding hydrogens is 447 g/mol. The van der Waals surface area contributed by atoms with Crippen LogP contribution >= 0.6 is 0 Å². The number of carbonyl (C=O) groups is 2. The molecule has 2 amide bonds. The summed E-state index contributed by atoms with van der Waals surface area (Å²) in [5, 5.41) is 2.79. The first-order valence-corrected chi connectivity index (χ1v) is 12.4. The second kappa shape index (κ2) is 11.2. The zero-order valence-electron chi connectivity index (χ0n) is 18.6. The lowest BCUT2D eigenvalue weighted by atomic mass is 10.1. The number of anilines is 1. The van der Waals surface area contributed by atoms with Gasteiger partial charge in [0, 0.05) is 38.4 Å². The second-order valence-corrected chi connectivity index (χ2v) is 9.58. The molecule has 1 saturated heterocycles. The van der Waals surface area contributed by atoms with Crippen LogP contribution in [0.4, 0.5) is 10.1 Å². The molecule has 1 aliphatic rings. The molecule has 178 valence electrons. The van der Waals surface area contributed by atoms with Crippen molar-refractivity contribution in [2.45, 2.75) is 24.7 Å². The molecule has 2 aromatic carbocycles. The number of amides is 2. The van der Waals surface area contributed by atoms with Gasteiger partial charge >= 0.3 is 0 Å². The fourth-order valence-electron chi connectivity index (χ4n) is 3.64. The quantitative estimate of drug-likeness (QED) is 0.606. The summed E-state index contributed by atoms with van der Waals surface area (Å²) in [6.45, 7) is 5.44. The van der Waals surface area contributed by atoms with Gasteiger partial charge in [0.05, 0.1) is 17.9 Å². The van der Waals surface area contributed by atoms with Gasteiger partial charge in [0.25, 0.3) is 10.0 Å². The van der Waals surface area contributed by atoms with Crippen LogP contribution in [0.25, 0.3) is 0 Å². The van der Waals surface area contributed by atoms with Crippen molar-refractivity contribution < 1.29 is 22.4 Å². The topological polar surface area (TPSA) is 98.8 Å². The van der Waals surface area contributed by atoms with Crippen LogP contribution in [0.3, 0.4) is 0 Å². The molecular formula is C23H29FN4O4S. The van der Waals surface area contributed by atoms with E-state index in [4.69, 9.17) is 0 Å². The van der Waals surface area contributed by atoms with E-state index in [0.717, 1.165) is 30.7 Å². The lowest BCUT2D eigenvalue weighted by molar-refractivity contribution is -0.130. The van der Waals surface area contributed by atoms with Gasteiger partial charge in [0.2, 0.25) is 11.8 Å². The predicted octanol–water partition coefficient (Wildman–Crippen LogP) is 1.84. The minimum atomic E-state index is -3.83. The predicted molar refractivity (Wildman–Crippen MR) is 124 cm³/mol. The summed E-state index contributed by atoms with van der Waals surface area (Å²) < 4.78 is 40.3. The van der Waals surface area contributed by atoms with Gasteiger partial charge in [-0.25, -0.2) is 12.8 Å². The zero-order valence-corrected chi connectivity index (χ0v) is 19.4. The maximum atomic E-state index is 13.0. The molecule has 1 heterocycles. The van der Waals surface area contributed by atoms with Crippen LogP contribution in [0.1, 0.15) is 18.9 Å². The lowest BCUT2D eigenvalue weighted by Gasteiger charge is -2.22. The standard InChI is InChI=1S/C23H29FN4O4S/c1-2-25-22(29)17-27-12-3-13-28(15-14-27)23(30)16-18-4-8-20(9-5-18)26-33(31,32)21-10-6-19(24)7-11-21/h4-11,26H,2-3,12-17H2,1H3,(H,25,29). The third-order valence-corrected chi connectivity index (χ3v) is 6.77. The van der Waals surface area contributed by atoms with E-state index in [2.05, 4.69) is 14.9 Å². The molecule has 0 unspecified atom stereocenters. The SMILES string of the molecule is CCNC(=O)CN1CCCN(C(=O)Cc2ccc(NS(=O)(=O)c3ccc(F)cc3)cc2)CC1. The maximum absolute atomic E-state index is 13.0. The van der Waals surface area contributed by atoms with Crippen molar-refractivity contribution in [3.8, 4) is 0 Å². The van der Waals surface area contributed by atoms with E-state index in [-0.39, 0.29) is 23.1 Å². The molecule has 8 nitrogen and oxygen atoms in total. The lowest BCUT2D eigenvalue weighted by Crippen LogP contribution is -2.40. The van der Waals surface area contributed by atoms with E-state index < -0.39 is 15.8 Å². The Kier molecular flexibility index (Phi) is 8.40. The van der Waals surface area contributed by atoms with Crippen molar-refractivity contribution in [3.63, 3.8) is 0 Å². The molecule has 0 saturated carbocycles. The van der Waals surface area contributed by atoms with Gasteiger partial charge in [-0.1, -0.05) is 12.1 Å². The first-order chi connectivity index (χ1) is 15.8. The number of rotatable bonds is 8. The largest absolute Gasteiger partial charge is 0.355 e. The number of nitrogens with zero attached hydrogens (tertiary/aromatic N) is 2. The summed E-state index contributed by atoms with van der Waals surface area (Å²) >= 11 is 0. The van der Waals surface area contributed by atoms with E-state index in [1.54, 1.807) is 24.3 Å². The van der Waals surface area contributed by atoms with Gasteiger partial charge < -0.3 is 10.2 Å². The number of nitrogens with one attached hydrogen (secondary N) is 2. The fourth-order valence-corrected chi connectivity index (χ4v) is 4.70. The Morgan fingerprint density at radius 2 is 1.67 bits per heavy atom. The van der Waals surface area contributed by atoms with Crippen LogP contribution in [0.15, 0.2) is 53.4 Å². The molecule has 1 aliphatic heterocycles. The molecule has 33 heavy (non-hydrogen) atoms. The number of halogens is 1. The van der Waals surface area contributed by atoms with Crippen molar-refractivity contribution in [1.29, 1.82) is 0 Å². The van der Waals surface area contributed by atoms with Crippen LogP contribution in [-0.4, -0.2) is 69.3 Å². The van der Waals surface area contributed by atoms with Crippen LogP contribution in [-0.2, 0) is 26.0 Å². The van der Waals surface area contributed by atoms with Gasteiger partial charge in [0.1, 0.15) is 5.82 Å². The molecule has 2 aromatic rings. The van der Waals surface area contributed by atoms with Gasteiger partial charge in [-0.15, -0.1) is 0 Å². The van der Waals surface area contributed by atoms with Crippen LogP contribution < -0.4 is 10.0 Å². The summed E-state index contributed by atoms with van der Waals surface area (Å²) in [6, 6.07) is 11.2. The van der Waals surface area contributed by atoms with E-state index in [0.29, 0.717) is 38.4 Å². The number of carbonyl (C=O) groups excluding carboxylic acids is 2. The van der Waals surface area contributed by atoms with Crippen LogP contribution in [0, 0.1) is 5.82 Å². The molecule has 3 rings (SSSR count). The average molecular weight is 477 g/mol. The van der Waals surface area contributed by atoms with Crippen molar-refractivity contribution in [3.05, 3.63) is 59.9 Å². The molecule has 0 atom stereocenters. The minimum Gasteiger partial charge on any atom is -0.355 e. The normalized spacial score (nSPS) is 15.0. The maximum Gasteiger partial charge on any atom is 0.261 e. The van der Waals surface area contributed by atoms with Crippen LogP contribution in [0.5, 0.6) is 0 Å². The number of sulfonamides is 1. The summed E-state index contributed by atoms with van der Waals surface area (Å²) in [4.78, 5) is 28.4. The first-order valence-electron chi connectivity index (χ1n) is 10.9. The van der Waals surface area contributed by atoms with Crippen LogP contribution in [0.2, 0.25) is 0 Å². The van der Waals surface area contributed by atoms with Gasteiger partial charge in [-0.3, -0.25) is 19.2 Å². The van der Waals surface area contributed by atoms with E-state index >= 15 is 0 Å². The Bertz CT molecular complexity index is 1060. The molecule has 10 heteroatoms. The summed E-state index contributed by atoms with van der Waals surface area (Å²) in [5.74, 6) is -0.524. The fraction of sp³-hybridized carbons (Fsp3) is 0.391. The van der Waals surface area contributed by atoms with Crippen molar-refractivity contribution in [2.24, 2.45) is 0 Å². The van der Waals surface area contributed by atoms with E-state index in [1.807, 2.05) is 11.8 Å². The number of hydrogen-bond donors (Lipinski definition) is 2. The Hall–Kier alpha value is -2.98. The average Bonchev–Trinajstić information content (AvgIpc) is 3.01. The Morgan fingerprint density at radius 3 is 2.33 bits per heavy atom. The first kappa shape index (κ1) is 24.7. The Morgan fingerprint density at radius 1 is 0.970 bits per heavy atom. The highest BCUT2D eigenvalue weighted by atomic mass is 32.2.